The number of morpholine rings is 1. The van der Waals surface area contributed by atoms with Crippen LogP contribution in [0.25, 0.3) is 0 Å². The number of ether oxygens (including phenoxy) is 1. The number of carboxylic acid groups (broad SMARTS) is 1. The van der Waals surface area contributed by atoms with Crippen molar-refractivity contribution in [3.8, 4) is 0 Å². The smallest absolute Gasteiger partial charge is 0.335 e. The SMILES string of the molecule is O=C(O)c1ccc([N+](=O)[O-])c(N2CCOC3CCCC32)c1. The molecule has 1 aromatic carbocycles. The first-order valence-electron chi connectivity index (χ1n) is 6.98. The number of aromatic carboxylic acids is 1. The molecule has 7 heteroatoms. The van der Waals surface area contributed by atoms with E-state index in [1.54, 1.807) is 0 Å². The zero-order valence-corrected chi connectivity index (χ0v) is 11.4. The van der Waals surface area contributed by atoms with Crippen LogP contribution in [0.2, 0.25) is 0 Å². The van der Waals surface area contributed by atoms with E-state index in [-0.39, 0.29) is 23.4 Å². The molecule has 3 rings (SSSR count). The minimum atomic E-state index is -1.08. The Bertz CT molecular complexity index is 589. The third-order valence-corrected chi connectivity index (χ3v) is 4.21. The van der Waals surface area contributed by atoms with Gasteiger partial charge in [-0.25, -0.2) is 4.79 Å². The molecule has 2 aliphatic rings. The van der Waals surface area contributed by atoms with Crippen molar-refractivity contribution in [2.45, 2.75) is 31.4 Å². The van der Waals surface area contributed by atoms with Crippen molar-refractivity contribution in [1.29, 1.82) is 0 Å². The fourth-order valence-corrected chi connectivity index (χ4v) is 3.27. The van der Waals surface area contributed by atoms with E-state index in [0.29, 0.717) is 18.8 Å². The first kappa shape index (κ1) is 13.8. The van der Waals surface area contributed by atoms with Crippen LogP contribution < -0.4 is 4.90 Å². The van der Waals surface area contributed by atoms with E-state index in [0.717, 1.165) is 19.3 Å². The van der Waals surface area contributed by atoms with E-state index in [4.69, 9.17) is 9.84 Å². The van der Waals surface area contributed by atoms with Gasteiger partial charge >= 0.3 is 5.97 Å². The molecule has 0 aromatic heterocycles. The van der Waals surface area contributed by atoms with Gasteiger partial charge in [0, 0.05) is 12.6 Å². The van der Waals surface area contributed by atoms with Crippen LogP contribution in [-0.4, -0.2) is 41.3 Å². The molecular formula is C14H16N2O5. The highest BCUT2D eigenvalue weighted by Crippen LogP contribution is 2.37. The van der Waals surface area contributed by atoms with Crippen LogP contribution in [0.1, 0.15) is 29.6 Å². The molecule has 7 nitrogen and oxygen atoms in total. The average Bonchev–Trinajstić information content (AvgIpc) is 2.94. The van der Waals surface area contributed by atoms with E-state index in [9.17, 15) is 14.9 Å². The van der Waals surface area contributed by atoms with Gasteiger partial charge in [0.2, 0.25) is 0 Å². The third-order valence-electron chi connectivity index (χ3n) is 4.21. The monoisotopic (exact) mass is 292 g/mol. The summed E-state index contributed by atoms with van der Waals surface area (Å²) in [7, 11) is 0. The van der Waals surface area contributed by atoms with E-state index in [2.05, 4.69) is 0 Å². The lowest BCUT2D eigenvalue weighted by atomic mass is 10.1. The fourth-order valence-electron chi connectivity index (χ4n) is 3.27. The minimum Gasteiger partial charge on any atom is -0.478 e. The largest absolute Gasteiger partial charge is 0.478 e. The highest BCUT2D eigenvalue weighted by Gasteiger charge is 2.38. The molecule has 1 heterocycles. The predicted molar refractivity (Wildman–Crippen MR) is 74.8 cm³/mol. The van der Waals surface area contributed by atoms with Gasteiger partial charge in [-0.3, -0.25) is 10.1 Å². The number of nitrogens with zero attached hydrogens (tertiary/aromatic N) is 2. The van der Waals surface area contributed by atoms with E-state index in [1.807, 2.05) is 4.90 Å². The van der Waals surface area contributed by atoms with Crippen LogP contribution in [0.4, 0.5) is 11.4 Å². The normalized spacial score (nSPS) is 24.7. The van der Waals surface area contributed by atoms with Crippen LogP contribution in [-0.2, 0) is 4.74 Å². The van der Waals surface area contributed by atoms with Gasteiger partial charge in [0.1, 0.15) is 5.69 Å². The van der Waals surface area contributed by atoms with Crippen LogP contribution in [0.3, 0.4) is 0 Å². The van der Waals surface area contributed by atoms with Crippen LogP contribution >= 0.6 is 0 Å². The molecule has 0 bridgehead atoms. The molecule has 0 spiro atoms. The van der Waals surface area contributed by atoms with E-state index in [1.165, 1.54) is 18.2 Å². The van der Waals surface area contributed by atoms with Crippen molar-refractivity contribution in [3.05, 3.63) is 33.9 Å². The topological polar surface area (TPSA) is 92.9 Å². The molecule has 1 aliphatic heterocycles. The quantitative estimate of drug-likeness (QED) is 0.677. The molecule has 0 radical (unpaired) electrons. The van der Waals surface area contributed by atoms with Crippen LogP contribution in [0.5, 0.6) is 0 Å². The highest BCUT2D eigenvalue weighted by atomic mass is 16.6. The van der Waals surface area contributed by atoms with Crippen molar-refractivity contribution in [3.63, 3.8) is 0 Å². The number of nitro benzene ring substituents is 1. The number of carbonyl (C=O) groups is 1. The number of nitro groups is 1. The van der Waals surface area contributed by atoms with Gasteiger partial charge in [0.25, 0.3) is 5.69 Å². The number of hydrogen-bond donors (Lipinski definition) is 1. The molecule has 1 N–H and O–H groups in total. The number of carboxylic acids is 1. The van der Waals surface area contributed by atoms with Gasteiger partial charge < -0.3 is 14.7 Å². The number of fused-ring (bicyclic) bond motifs is 1. The molecular weight excluding hydrogens is 276 g/mol. The lowest BCUT2D eigenvalue weighted by Gasteiger charge is -2.39. The highest BCUT2D eigenvalue weighted by molar-refractivity contribution is 5.90. The Morgan fingerprint density at radius 2 is 2.24 bits per heavy atom. The molecule has 1 saturated heterocycles. The van der Waals surface area contributed by atoms with Crippen molar-refractivity contribution >= 4 is 17.3 Å². The van der Waals surface area contributed by atoms with Crippen molar-refractivity contribution in [2.24, 2.45) is 0 Å². The average molecular weight is 292 g/mol. The Balaban J connectivity index is 2.04. The summed E-state index contributed by atoms with van der Waals surface area (Å²) in [5, 5.41) is 20.3. The summed E-state index contributed by atoms with van der Waals surface area (Å²) < 4.78 is 5.70. The summed E-state index contributed by atoms with van der Waals surface area (Å²) in [5.74, 6) is -1.08. The van der Waals surface area contributed by atoms with Gasteiger partial charge in [-0.2, -0.15) is 0 Å². The minimum absolute atomic E-state index is 0.0486. The van der Waals surface area contributed by atoms with Crippen molar-refractivity contribution in [2.75, 3.05) is 18.1 Å². The van der Waals surface area contributed by atoms with Crippen LogP contribution in [0, 0.1) is 10.1 Å². The maximum Gasteiger partial charge on any atom is 0.335 e. The standard InChI is InChI=1S/C14H16N2O5/c17-14(18)9-4-5-10(16(19)20)12(8-9)15-6-7-21-13-3-1-2-11(13)15/h4-5,8,11,13H,1-3,6-7H2,(H,17,18). The Morgan fingerprint density at radius 1 is 1.43 bits per heavy atom. The summed E-state index contributed by atoms with van der Waals surface area (Å²) in [6.45, 7) is 1.06. The summed E-state index contributed by atoms with van der Waals surface area (Å²) >= 11 is 0. The molecule has 2 fully saturated rings. The third kappa shape index (κ3) is 2.44. The first-order valence-corrected chi connectivity index (χ1v) is 6.98. The lowest BCUT2D eigenvalue weighted by molar-refractivity contribution is -0.384. The maximum atomic E-state index is 11.2. The summed E-state index contributed by atoms with van der Waals surface area (Å²) in [5.41, 5.74) is 0.407. The molecule has 1 aromatic rings. The maximum absolute atomic E-state index is 11.2. The van der Waals surface area contributed by atoms with Gasteiger partial charge in [0.05, 0.1) is 29.2 Å². The Labute approximate surface area is 121 Å². The van der Waals surface area contributed by atoms with Gasteiger partial charge in [0.15, 0.2) is 0 Å². The van der Waals surface area contributed by atoms with Crippen LogP contribution in [0.15, 0.2) is 18.2 Å². The zero-order valence-electron chi connectivity index (χ0n) is 11.4. The molecule has 0 amide bonds. The number of benzene rings is 1. The summed E-state index contributed by atoms with van der Waals surface area (Å²) in [4.78, 5) is 23.9. The number of hydrogen-bond acceptors (Lipinski definition) is 5. The number of rotatable bonds is 3. The summed E-state index contributed by atoms with van der Waals surface area (Å²) in [6, 6.07) is 4.05. The van der Waals surface area contributed by atoms with E-state index < -0.39 is 10.9 Å². The van der Waals surface area contributed by atoms with Crippen molar-refractivity contribution in [1.82, 2.24) is 0 Å². The molecule has 112 valence electrons. The second kappa shape index (κ2) is 5.33. The Morgan fingerprint density at radius 3 is 2.95 bits per heavy atom. The van der Waals surface area contributed by atoms with Gasteiger partial charge in [-0.05, 0) is 31.4 Å². The van der Waals surface area contributed by atoms with Gasteiger partial charge in [-0.1, -0.05) is 0 Å². The lowest BCUT2D eigenvalue weighted by Crippen LogP contribution is -2.48. The molecule has 2 atom stereocenters. The second-order valence-corrected chi connectivity index (χ2v) is 5.37. The molecule has 2 unspecified atom stereocenters. The Kier molecular flexibility index (Phi) is 3.50. The fraction of sp³-hybridized carbons (Fsp3) is 0.500. The Hall–Kier alpha value is -2.15. The predicted octanol–water partition coefficient (Wildman–Crippen LogP) is 2.05. The first-order chi connectivity index (χ1) is 10.1. The summed E-state index contributed by atoms with van der Waals surface area (Å²) in [6.07, 6.45) is 2.98. The molecule has 1 aliphatic carbocycles. The van der Waals surface area contributed by atoms with E-state index >= 15 is 0 Å². The molecule has 21 heavy (non-hydrogen) atoms. The second-order valence-electron chi connectivity index (χ2n) is 5.37. The number of anilines is 1. The van der Waals surface area contributed by atoms with Gasteiger partial charge in [-0.15, -0.1) is 0 Å². The van der Waals surface area contributed by atoms with Crippen molar-refractivity contribution < 1.29 is 19.6 Å². The molecule has 1 saturated carbocycles. The zero-order chi connectivity index (χ0) is 15.0.